The van der Waals surface area contributed by atoms with E-state index in [2.05, 4.69) is 10.4 Å². The number of hydrogen-bond donors (Lipinski definition) is 3. The van der Waals surface area contributed by atoms with Gasteiger partial charge >= 0.3 is 6.09 Å². The molecule has 84 valence electrons. The van der Waals surface area contributed by atoms with E-state index in [4.69, 9.17) is 5.11 Å². The van der Waals surface area contributed by atoms with Gasteiger partial charge in [-0.05, 0) is 12.0 Å². The van der Waals surface area contributed by atoms with Gasteiger partial charge in [-0.3, -0.25) is 0 Å². The molecule has 1 aromatic carbocycles. The zero-order valence-corrected chi connectivity index (χ0v) is 8.68. The Morgan fingerprint density at radius 3 is 2.88 bits per heavy atom. The largest absolute Gasteiger partial charge is 0.464 e. The lowest BCUT2D eigenvalue weighted by molar-refractivity contribution is 0.195. The van der Waals surface area contributed by atoms with E-state index in [0.29, 0.717) is 5.84 Å². The Labute approximate surface area is 93.2 Å². The molecule has 0 radical (unpaired) electrons. The summed E-state index contributed by atoms with van der Waals surface area (Å²) < 4.78 is 0. The van der Waals surface area contributed by atoms with Gasteiger partial charge in [-0.25, -0.2) is 10.2 Å². The fourth-order valence-corrected chi connectivity index (χ4v) is 1.84. The molecule has 1 aliphatic rings. The van der Waals surface area contributed by atoms with Crippen molar-refractivity contribution in [1.82, 2.24) is 10.7 Å². The summed E-state index contributed by atoms with van der Waals surface area (Å²) in [5.74, 6) is 0.849. The van der Waals surface area contributed by atoms with Gasteiger partial charge in [0.2, 0.25) is 0 Å². The average molecular weight is 219 g/mol. The maximum Gasteiger partial charge on any atom is 0.425 e. The van der Waals surface area contributed by atoms with Crippen LogP contribution in [0.1, 0.15) is 17.9 Å². The van der Waals surface area contributed by atoms with Crippen LogP contribution in [0.25, 0.3) is 0 Å². The Hall–Kier alpha value is -2.04. The van der Waals surface area contributed by atoms with E-state index < -0.39 is 6.09 Å². The second kappa shape index (κ2) is 4.65. The molecule has 1 amide bonds. The highest BCUT2D eigenvalue weighted by Crippen LogP contribution is 2.23. The molecule has 0 bridgehead atoms. The minimum Gasteiger partial charge on any atom is -0.464 e. The molecule has 1 fully saturated rings. The minimum atomic E-state index is -1.15. The maximum absolute atomic E-state index is 10.4. The van der Waals surface area contributed by atoms with E-state index in [1.165, 1.54) is 0 Å². The first-order valence-corrected chi connectivity index (χ1v) is 5.12. The van der Waals surface area contributed by atoms with Gasteiger partial charge in [0, 0.05) is 12.5 Å². The average Bonchev–Trinajstić information content (AvgIpc) is 2.75. The summed E-state index contributed by atoms with van der Waals surface area (Å²) in [7, 11) is 0. The summed E-state index contributed by atoms with van der Waals surface area (Å²) in [4.78, 5) is 10.4. The maximum atomic E-state index is 10.4. The molecule has 0 aliphatic carbocycles. The number of hydrogen-bond acceptors (Lipinski definition) is 2. The molecule has 0 saturated carbocycles. The number of carboxylic acid groups (broad SMARTS) is 1. The Morgan fingerprint density at radius 1 is 1.44 bits per heavy atom. The molecule has 2 rings (SSSR count). The molecule has 1 heterocycles. The lowest BCUT2D eigenvalue weighted by Gasteiger charge is -2.09. The summed E-state index contributed by atoms with van der Waals surface area (Å²) in [6.07, 6.45) is -0.211. The van der Waals surface area contributed by atoms with E-state index >= 15 is 0 Å². The second-order valence-electron chi connectivity index (χ2n) is 3.59. The summed E-state index contributed by atoms with van der Waals surface area (Å²) in [6.45, 7) is 0.819. The first-order valence-electron chi connectivity index (χ1n) is 5.12. The number of amides is 1. The SMILES string of the molecule is O=C(O)N/N=C1\NCCC1c1ccccc1. The predicted octanol–water partition coefficient (Wildman–Crippen LogP) is 1.34. The molecule has 1 saturated heterocycles. The molecule has 3 N–H and O–H groups in total. The Balaban J connectivity index is 2.15. The third-order valence-corrected chi connectivity index (χ3v) is 2.54. The summed E-state index contributed by atoms with van der Waals surface area (Å²) in [6, 6.07) is 9.94. The van der Waals surface area contributed by atoms with Crippen molar-refractivity contribution in [2.24, 2.45) is 5.10 Å². The molecule has 0 spiro atoms. The van der Waals surface area contributed by atoms with Crippen LogP contribution in [0.3, 0.4) is 0 Å². The number of rotatable bonds is 2. The molecular weight excluding hydrogens is 206 g/mol. The van der Waals surface area contributed by atoms with Crippen LogP contribution in [0, 0.1) is 0 Å². The van der Waals surface area contributed by atoms with Crippen molar-refractivity contribution in [2.45, 2.75) is 12.3 Å². The van der Waals surface area contributed by atoms with Crippen molar-refractivity contribution in [3.05, 3.63) is 35.9 Å². The predicted molar refractivity (Wildman–Crippen MR) is 60.4 cm³/mol. The van der Waals surface area contributed by atoms with E-state index in [-0.39, 0.29) is 5.92 Å². The molecule has 1 aliphatic heterocycles. The first kappa shape index (κ1) is 10.5. The van der Waals surface area contributed by atoms with E-state index in [1.54, 1.807) is 0 Å². The van der Waals surface area contributed by atoms with Crippen LogP contribution < -0.4 is 10.7 Å². The summed E-state index contributed by atoms with van der Waals surface area (Å²) >= 11 is 0. The summed E-state index contributed by atoms with van der Waals surface area (Å²) in [5.41, 5.74) is 3.18. The van der Waals surface area contributed by atoms with Gasteiger partial charge in [-0.2, -0.15) is 5.10 Å². The highest BCUT2D eigenvalue weighted by molar-refractivity contribution is 5.91. The van der Waals surface area contributed by atoms with Crippen molar-refractivity contribution < 1.29 is 9.90 Å². The van der Waals surface area contributed by atoms with Crippen LogP contribution in [0.15, 0.2) is 35.4 Å². The standard InChI is InChI=1S/C11H13N3O2/c15-11(16)14-13-10-9(6-7-12-10)8-4-2-1-3-5-8/h1-5,9,14H,6-7H2,(H,12,13)(H,15,16). The number of benzene rings is 1. The molecule has 5 heteroatoms. The zero-order valence-electron chi connectivity index (χ0n) is 8.68. The third-order valence-electron chi connectivity index (χ3n) is 2.54. The second-order valence-corrected chi connectivity index (χ2v) is 3.59. The van der Waals surface area contributed by atoms with Crippen molar-refractivity contribution in [3.63, 3.8) is 0 Å². The molecule has 1 atom stereocenters. The Bertz CT molecular complexity index is 403. The molecule has 5 nitrogen and oxygen atoms in total. The third kappa shape index (κ3) is 2.31. The van der Waals surface area contributed by atoms with Crippen molar-refractivity contribution in [2.75, 3.05) is 6.54 Å². The lowest BCUT2D eigenvalue weighted by Crippen LogP contribution is -2.25. The topological polar surface area (TPSA) is 73.7 Å². The van der Waals surface area contributed by atoms with Crippen molar-refractivity contribution in [3.8, 4) is 0 Å². The van der Waals surface area contributed by atoms with Gasteiger partial charge in [0.25, 0.3) is 0 Å². The number of nitrogens with zero attached hydrogens (tertiary/aromatic N) is 1. The Kier molecular flexibility index (Phi) is 3.05. The van der Waals surface area contributed by atoms with E-state index in [9.17, 15) is 4.79 Å². The summed E-state index contributed by atoms with van der Waals surface area (Å²) in [5, 5.41) is 15.4. The monoisotopic (exact) mass is 219 g/mol. The zero-order chi connectivity index (χ0) is 11.4. The Morgan fingerprint density at radius 2 is 2.19 bits per heavy atom. The van der Waals surface area contributed by atoms with Crippen LogP contribution in [-0.4, -0.2) is 23.6 Å². The van der Waals surface area contributed by atoms with Crippen molar-refractivity contribution >= 4 is 11.9 Å². The van der Waals surface area contributed by atoms with E-state index in [1.807, 2.05) is 35.8 Å². The minimum absolute atomic E-state index is 0.160. The smallest absolute Gasteiger partial charge is 0.425 e. The fourth-order valence-electron chi connectivity index (χ4n) is 1.84. The van der Waals surface area contributed by atoms with Gasteiger partial charge < -0.3 is 10.4 Å². The quantitative estimate of drug-likeness (QED) is 0.657. The highest BCUT2D eigenvalue weighted by atomic mass is 16.4. The fraction of sp³-hybridized carbons (Fsp3) is 0.273. The van der Waals surface area contributed by atoms with Crippen LogP contribution in [-0.2, 0) is 0 Å². The number of amidine groups is 1. The molecule has 1 unspecified atom stereocenters. The normalized spacial score (nSPS) is 21.8. The number of nitrogens with one attached hydrogen (secondary N) is 2. The molecular formula is C11H13N3O2. The van der Waals surface area contributed by atoms with Crippen LogP contribution in [0.2, 0.25) is 0 Å². The lowest BCUT2D eigenvalue weighted by atomic mass is 9.98. The van der Waals surface area contributed by atoms with Gasteiger partial charge in [0.15, 0.2) is 0 Å². The molecule has 16 heavy (non-hydrogen) atoms. The first-order chi connectivity index (χ1) is 7.77. The van der Waals surface area contributed by atoms with Gasteiger partial charge in [-0.15, -0.1) is 0 Å². The van der Waals surface area contributed by atoms with Crippen molar-refractivity contribution in [1.29, 1.82) is 0 Å². The molecule has 0 aromatic heterocycles. The number of carbonyl (C=O) groups is 1. The van der Waals surface area contributed by atoms with E-state index in [0.717, 1.165) is 18.5 Å². The van der Waals surface area contributed by atoms with Gasteiger partial charge in [0.1, 0.15) is 5.84 Å². The van der Waals surface area contributed by atoms with Gasteiger partial charge in [-0.1, -0.05) is 30.3 Å². The van der Waals surface area contributed by atoms with Crippen LogP contribution in [0.5, 0.6) is 0 Å². The number of hydrazone groups is 1. The van der Waals surface area contributed by atoms with Gasteiger partial charge in [0.05, 0.1) is 0 Å². The van der Waals surface area contributed by atoms with Crippen LogP contribution >= 0.6 is 0 Å². The highest BCUT2D eigenvalue weighted by Gasteiger charge is 2.23. The molecule has 1 aromatic rings. The van der Waals surface area contributed by atoms with Crippen LogP contribution in [0.4, 0.5) is 4.79 Å².